The van der Waals surface area contributed by atoms with E-state index in [9.17, 15) is 15.0 Å². The Bertz CT molecular complexity index is 590. The van der Waals surface area contributed by atoms with Crippen LogP contribution in [0.15, 0.2) is 24.3 Å². The van der Waals surface area contributed by atoms with E-state index in [4.69, 9.17) is 4.74 Å². The van der Waals surface area contributed by atoms with Gasteiger partial charge in [-0.3, -0.25) is 0 Å². The van der Waals surface area contributed by atoms with E-state index >= 15 is 0 Å². The van der Waals surface area contributed by atoms with Crippen LogP contribution in [0.5, 0.6) is 5.75 Å². The molecule has 0 spiro atoms. The molecule has 1 saturated heterocycles. The topological polar surface area (TPSA) is 81.6 Å². The van der Waals surface area contributed by atoms with E-state index in [1.165, 1.54) is 69.1 Å². The van der Waals surface area contributed by atoms with Crippen molar-refractivity contribution in [3.63, 3.8) is 0 Å². The Labute approximate surface area is 205 Å². The average molecular weight is 518 g/mol. The molecule has 0 atom stereocenters. The summed E-state index contributed by atoms with van der Waals surface area (Å²) in [4.78, 5) is 10.4. The fraction of sp³-hybridized carbons (Fsp3) is 0.720. The Morgan fingerprint density at radius 2 is 1.66 bits per heavy atom. The average Bonchev–Trinajstić information content (AvgIpc) is 2.76. The normalized spacial score (nSPS) is 14.5. The number of likely N-dealkylation sites (tertiary alicyclic amines) is 1. The first kappa shape index (κ1) is 30.7. The number of aliphatic hydroxyl groups is 1. The third-order valence-corrected chi connectivity index (χ3v) is 5.95. The van der Waals surface area contributed by atoms with Gasteiger partial charge in [-0.05, 0) is 50.7 Å². The first-order valence-electron chi connectivity index (χ1n) is 12.2. The summed E-state index contributed by atoms with van der Waals surface area (Å²) in [6, 6.07) is 6.92. The van der Waals surface area contributed by atoms with Crippen molar-refractivity contribution in [3.8, 4) is 5.75 Å². The van der Waals surface area contributed by atoms with Gasteiger partial charge in [-0.25, -0.2) is 0 Å². The molecule has 0 radical (unpaired) electrons. The van der Waals surface area contributed by atoms with Gasteiger partial charge in [0.15, 0.2) is 0 Å². The third kappa shape index (κ3) is 13.3. The highest BCUT2D eigenvalue weighted by Crippen LogP contribution is 2.23. The summed E-state index contributed by atoms with van der Waals surface area (Å²) in [6.07, 6.45) is 11.4. The molecule has 1 heterocycles. The first-order chi connectivity index (χ1) is 15.1. The highest BCUT2D eigenvalue weighted by Gasteiger charge is 2.28. The van der Waals surface area contributed by atoms with Crippen LogP contribution in [0.3, 0.4) is 0 Å². The molecule has 1 fully saturated rings. The van der Waals surface area contributed by atoms with Crippen LogP contribution in [0.4, 0.5) is 10.5 Å². The summed E-state index contributed by atoms with van der Waals surface area (Å²) < 4.78 is 6.70. The number of piperidine rings is 1. The van der Waals surface area contributed by atoms with Crippen molar-refractivity contribution in [1.29, 1.82) is 0 Å². The number of carbonyl (C=O) groups is 1. The summed E-state index contributed by atoms with van der Waals surface area (Å²) >= 11 is 0. The number of halogens is 1. The van der Waals surface area contributed by atoms with Gasteiger partial charge in [-0.15, -0.1) is 17.0 Å². The number of quaternary nitrogens is 1. The smallest absolute Gasteiger partial charge is 0.142 e. The number of unbranched alkanes of at least 4 members (excludes halogenated alkanes) is 5. The van der Waals surface area contributed by atoms with Crippen LogP contribution >= 0.6 is 17.0 Å². The molecule has 1 aliphatic rings. The number of hydrogen-bond donors (Lipinski definition) is 2. The summed E-state index contributed by atoms with van der Waals surface area (Å²) in [5, 5.41) is 21.8. The van der Waals surface area contributed by atoms with Gasteiger partial charge in [0.05, 0.1) is 38.5 Å². The number of amides is 1. The van der Waals surface area contributed by atoms with E-state index in [0.717, 1.165) is 25.8 Å². The second-order valence-electron chi connectivity index (χ2n) is 8.55. The van der Waals surface area contributed by atoms with Crippen molar-refractivity contribution in [1.82, 2.24) is 0 Å². The summed E-state index contributed by atoms with van der Waals surface area (Å²) in [7, 11) is 0. The molecule has 0 unspecified atom stereocenters. The maximum atomic E-state index is 10.4. The molecule has 0 saturated carbocycles. The zero-order chi connectivity index (χ0) is 22.8. The van der Waals surface area contributed by atoms with Crippen LogP contribution in [0.25, 0.3) is 0 Å². The number of carbonyl (C=O) groups excluding carboxylic acids is 1. The van der Waals surface area contributed by atoms with E-state index < -0.39 is 6.09 Å². The van der Waals surface area contributed by atoms with E-state index in [0.29, 0.717) is 24.7 Å². The van der Waals surface area contributed by atoms with Gasteiger partial charge in [-0.1, -0.05) is 51.7 Å². The van der Waals surface area contributed by atoms with Gasteiger partial charge < -0.3 is 29.5 Å². The van der Waals surface area contributed by atoms with E-state index in [-0.39, 0.29) is 17.0 Å². The minimum atomic E-state index is -1.33. The highest BCUT2D eigenvalue weighted by molar-refractivity contribution is 8.93. The molecule has 0 aromatic heterocycles. The van der Waals surface area contributed by atoms with Crippen LogP contribution in [0.1, 0.15) is 78.1 Å². The molecule has 1 aromatic carbocycles. The Kier molecular flexibility index (Phi) is 18.4. The maximum Gasteiger partial charge on any atom is 0.142 e. The van der Waals surface area contributed by atoms with Gasteiger partial charge in [0.1, 0.15) is 18.4 Å². The number of ether oxygens (including phenoxy) is 1. The lowest BCUT2D eigenvalue weighted by molar-refractivity contribution is -0.932. The molecule has 0 aliphatic carbocycles. The number of nitrogens with zero attached hydrogens (tertiary/aromatic N) is 1. The Morgan fingerprint density at radius 3 is 2.28 bits per heavy atom. The van der Waals surface area contributed by atoms with Crippen LogP contribution < -0.4 is 15.2 Å². The highest BCUT2D eigenvalue weighted by atomic mass is 79.9. The summed E-state index contributed by atoms with van der Waals surface area (Å²) in [6.45, 7) is 10.3. The zero-order valence-corrected chi connectivity index (χ0v) is 21.9. The second kappa shape index (κ2) is 19.2. The van der Waals surface area contributed by atoms with Crippen molar-refractivity contribution < 1.29 is 24.2 Å². The number of hydrogen-bond acceptors (Lipinski definition) is 4. The fourth-order valence-electron chi connectivity index (χ4n) is 4.17. The molecule has 0 bridgehead atoms. The molecule has 7 heteroatoms. The SMILES string of the molecule is Br.CCCCCC[N+]1(CCO)CCCCC1.CCCCCOc1ccccc1NC(=O)[O-]. The van der Waals surface area contributed by atoms with Gasteiger partial charge in [0.25, 0.3) is 0 Å². The number of para-hydroxylation sites is 2. The van der Waals surface area contributed by atoms with Gasteiger partial charge in [0.2, 0.25) is 0 Å². The molecule has 1 amide bonds. The minimum Gasteiger partial charge on any atom is -0.530 e. The molecule has 2 rings (SSSR count). The number of nitrogens with one attached hydrogen (secondary N) is 1. The lowest BCUT2D eigenvalue weighted by Crippen LogP contribution is -2.53. The minimum absolute atomic E-state index is 0. The zero-order valence-electron chi connectivity index (χ0n) is 20.2. The first-order valence-corrected chi connectivity index (χ1v) is 12.2. The molecule has 32 heavy (non-hydrogen) atoms. The number of carboxylic acid groups (broad SMARTS) is 1. The quantitative estimate of drug-likeness (QED) is 0.280. The summed E-state index contributed by atoms with van der Waals surface area (Å²) in [5.41, 5.74) is 0.430. The van der Waals surface area contributed by atoms with E-state index in [2.05, 4.69) is 19.2 Å². The van der Waals surface area contributed by atoms with Crippen molar-refractivity contribution >= 4 is 28.8 Å². The second-order valence-corrected chi connectivity index (χ2v) is 8.55. The Morgan fingerprint density at radius 1 is 1.00 bits per heavy atom. The lowest BCUT2D eigenvalue weighted by atomic mass is 10.1. The predicted molar refractivity (Wildman–Crippen MR) is 136 cm³/mol. The Balaban J connectivity index is 0.000000584. The van der Waals surface area contributed by atoms with Crippen LogP contribution in [0.2, 0.25) is 0 Å². The Hall–Kier alpha value is -1.31. The molecule has 6 nitrogen and oxygen atoms in total. The fourth-order valence-corrected chi connectivity index (χ4v) is 4.17. The van der Waals surface area contributed by atoms with Crippen molar-refractivity contribution in [2.45, 2.75) is 78.1 Å². The third-order valence-electron chi connectivity index (χ3n) is 5.95. The molecule has 1 aromatic rings. The van der Waals surface area contributed by atoms with E-state index in [1.807, 2.05) is 0 Å². The number of benzene rings is 1. The van der Waals surface area contributed by atoms with Crippen LogP contribution in [-0.2, 0) is 0 Å². The molecular weight excluding hydrogens is 472 g/mol. The summed E-state index contributed by atoms with van der Waals surface area (Å²) in [5.74, 6) is 0.544. The van der Waals surface area contributed by atoms with Gasteiger partial charge in [-0.2, -0.15) is 0 Å². The molecular formula is C25H45BrN2O4. The largest absolute Gasteiger partial charge is 0.530 e. The van der Waals surface area contributed by atoms with Gasteiger partial charge >= 0.3 is 0 Å². The monoisotopic (exact) mass is 516 g/mol. The molecule has 2 N–H and O–H groups in total. The standard InChI is InChI=1S/C13H28NO.C12H17NO3.BrH/c1-2-3-4-6-9-14(12-13-15)10-7-5-8-11-14;1-2-3-6-9-16-11-8-5-4-7-10(11)13-12(14)15;/h15H,2-13H2,1H3;4-5,7-8,13H,2-3,6,9H2,1H3,(H,14,15);1H/q+1;;/p-1. The number of aliphatic hydroxyl groups excluding tert-OH is 1. The maximum absolute atomic E-state index is 10.4. The molecule has 1 aliphatic heterocycles. The molecule has 186 valence electrons. The predicted octanol–water partition coefficient (Wildman–Crippen LogP) is 5.15. The lowest BCUT2D eigenvalue weighted by Gasteiger charge is -2.41. The van der Waals surface area contributed by atoms with Crippen molar-refractivity contribution in [3.05, 3.63) is 24.3 Å². The van der Waals surface area contributed by atoms with Gasteiger partial charge in [0, 0.05) is 0 Å². The van der Waals surface area contributed by atoms with Crippen LogP contribution in [-0.4, -0.2) is 55.1 Å². The van der Waals surface area contributed by atoms with Crippen LogP contribution in [0, 0.1) is 0 Å². The van der Waals surface area contributed by atoms with Crippen molar-refractivity contribution in [2.75, 3.05) is 44.7 Å². The van der Waals surface area contributed by atoms with E-state index in [1.54, 1.807) is 24.3 Å². The number of anilines is 1. The number of rotatable bonds is 13. The van der Waals surface area contributed by atoms with Crippen molar-refractivity contribution in [2.24, 2.45) is 0 Å².